The number of aromatic nitrogens is 2. The van der Waals surface area contributed by atoms with Gasteiger partial charge in [-0.2, -0.15) is 4.98 Å². The van der Waals surface area contributed by atoms with Gasteiger partial charge < -0.3 is 14.4 Å². The predicted octanol–water partition coefficient (Wildman–Crippen LogP) is 2.34. The smallest absolute Gasteiger partial charge is 0.213 e. The van der Waals surface area contributed by atoms with Crippen molar-refractivity contribution in [1.82, 2.24) is 15.0 Å². The molecule has 1 aromatic carbocycles. The minimum atomic E-state index is -0.553. The lowest BCUT2D eigenvalue weighted by Crippen LogP contribution is -2.41. The highest BCUT2D eigenvalue weighted by Crippen LogP contribution is 2.28. The van der Waals surface area contributed by atoms with Crippen LogP contribution in [0.3, 0.4) is 0 Å². The van der Waals surface area contributed by atoms with Gasteiger partial charge in [0.05, 0.1) is 6.04 Å². The van der Waals surface area contributed by atoms with Gasteiger partial charge in [-0.3, -0.25) is 4.90 Å². The van der Waals surface area contributed by atoms with Crippen LogP contribution in [0, 0.1) is 6.92 Å². The average molecular weight is 317 g/mol. The molecule has 1 N–H and O–H groups in total. The molecule has 1 aliphatic heterocycles. The van der Waals surface area contributed by atoms with Crippen LogP contribution in [0.25, 0.3) is 0 Å². The number of nitrogens with zero attached hydrogens (tertiary/aromatic N) is 3. The fraction of sp³-hybridized carbons (Fsp3) is 0.529. The van der Waals surface area contributed by atoms with Crippen LogP contribution in [0.2, 0.25) is 0 Å². The van der Waals surface area contributed by atoms with Crippen LogP contribution >= 0.6 is 0 Å². The Morgan fingerprint density at radius 1 is 1.43 bits per heavy atom. The van der Waals surface area contributed by atoms with Crippen molar-refractivity contribution < 1.29 is 14.4 Å². The highest BCUT2D eigenvalue weighted by molar-refractivity contribution is 5.27. The van der Waals surface area contributed by atoms with Crippen molar-refractivity contribution in [2.75, 3.05) is 19.7 Å². The van der Waals surface area contributed by atoms with E-state index in [-0.39, 0.29) is 12.6 Å². The molecule has 6 nitrogen and oxygen atoms in total. The van der Waals surface area contributed by atoms with E-state index in [9.17, 15) is 5.11 Å². The number of rotatable bonds is 6. The summed E-state index contributed by atoms with van der Waals surface area (Å²) in [5.41, 5.74) is 1.14. The van der Waals surface area contributed by atoms with Gasteiger partial charge in [-0.1, -0.05) is 23.7 Å². The van der Waals surface area contributed by atoms with Crippen molar-refractivity contribution >= 4 is 0 Å². The molecule has 2 atom stereocenters. The Hall–Kier alpha value is -1.92. The molecule has 1 fully saturated rings. The maximum atomic E-state index is 10.3. The van der Waals surface area contributed by atoms with E-state index in [1.807, 2.05) is 31.2 Å². The van der Waals surface area contributed by atoms with Crippen LogP contribution in [0.1, 0.15) is 36.7 Å². The van der Waals surface area contributed by atoms with Crippen molar-refractivity contribution in [2.24, 2.45) is 0 Å². The zero-order valence-corrected chi connectivity index (χ0v) is 13.4. The van der Waals surface area contributed by atoms with Gasteiger partial charge in [0.25, 0.3) is 0 Å². The Labute approximate surface area is 136 Å². The maximum Gasteiger partial charge on any atom is 0.213 e. The molecule has 0 amide bonds. The zero-order chi connectivity index (χ0) is 16.1. The van der Waals surface area contributed by atoms with Crippen LogP contribution in [0.5, 0.6) is 5.75 Å². The quantitative estimate of drug-likeness (QED) is 0.882. The van der Waals surface area contributed by atoms with Crippen LogP contribution in [-0.2, 0) is 0 Å². The monoisotopic (exact) mass is 317 g/mol. The minimum absolute atomic E-state index is 0.121. The van der Waals surface area contributed by atoms with E-state index in [1.54, 1.807) is 0 Å². The summed E-state index contributed by atoms with van der Waals surface area (Å²) in [5.74, 6) is 1.49. The highest BCUT2D eigenvalue weighted by Gasteiger charge is 2.28. The number of ether oxygens (including phenoxy) is 1. The highest BCUT2D eigenvalue weighted by atomic mass is 16.5. The second-order valence-electron chi connectivity index (χ2n) is 6.08. The number of hydrogen-bond acceptors (Lipinski definition) is 6. The first-order valence-corrected chi connectivity index (χ1v) is 8.10. The van der Waals surface area contributed by atoms with Gasteiger partial charge in [0.15, 0.2) is 5.82 Å². The van der Waals surface area contributed by atoms with E-state index >= 15 is 0 Å². The lowest BCUT2D eigenvalue weighted by molar-refractivity contribution is 0.0366. The molecule has 0 spiro atoms. The number of β-amino-alcohol motifs (C(OH)–C–C–N with tert-alkyl or cyclic N) is 1. The molecular formula is C17H23N3O3. The average Bonchev–Trinajstić information content (AvgIpc) is 3.08. The van der Waals surface area contributed by atoms with E-state index in [0.717, 1.165) is 37.1 Å². The molecule has 2 unspecified atom stereocenters. The van der Waals surface area contributed by atoms with E-state index in [1.165, 1.54) is 6.39 Å². The van der Waals surface area contributed by atoms with Gasteiger partial charge >= 0.3 is 0 Å². The topological polar surface area (TPSA) is 71.6 Å². The van der Waals surface area contributed by atoms with Gasteiger partial charge in [-0.25, -0.2) is 0 Å². The van der Waals surface area contributed by atoms with Crippen molar-refractivity contribution in [3.8, 4) is 5.75 Å². The Bertz CT molecular complexity index is 603. The van der Waals surface area contributed by atoms with Crippen LogP contribution in [0.15, 0.2) is 35.2 Å². The molecule has 1 saturated heterocycles. The molecule has 0 bridgehead atoms. The predicted molar refractivity (Wildman–Crippen MR) is 85.1 cm³/mol. The van der Waals surface area contributed by atoms with Crippen LogP contribution in [0.4, 0.5) is 0 Å². The van der Waals surface area contributed by atoms with Crippen molar-refractivity contribution in [1.29, 1.82) is 0 Å². The summed E-state index contributed by atoms with van der Waals surface area (Å²) in [7, 11) is 0. The summed E-state index contributed by atoms with van der Waals surface area (Å²) >= 11 is 0. The van der Waals surface area contributed by atoms with Crippen molar-refractivity contribution in [3.05, 3.63) is 42.0 Å². The number of aryl methyl sites for hydroxylation is 1. The molecule has 23 heavy (non-hydrogen) atoms. The van der Waals surface area contributed by atoms with Gasteiger partial charge in [0, 0.05) is 6.54 Å². The molecule has 0 aliphatic carbocycles. The second-order valence-corrected chi connectivity index (χ2v) is 6.08. The fourth-order valence-electron chi connectivity index (χ4n) is 3.05. The molecule has 1 aromatic heterocycles. The SMILES string of the molecule is Cc1cccc(OCC(O)CN2CCCCC2c2ncon2)c1. The van der Waals surface area contributed by atoms with E-state index < -0.39 is 6.10 Å². The zero-order valence-electron chi connectivity index (χ0n) is 13.4. The third-order valence-electron chi connectivity index (χ3n) is 4.17. The van der Waals surface area contributed by atoms with E-state index in [0.29, 0.717) is 12.4 Å². The largest absolute Gasteiger partial charge is 0.491 e. The van der Waals surface area contributed by atoms with Crippen LogP contribution < -0.4 is 4.74 Å². The van der Waals surface area contributed by atoms with Crippen molar-refractivity contribution in [2.45, 2.75) is 38.3 Å². The lowest BCUT2D eigenvalue weighted by atomic mass is 10.0. The van der Waals surface area contributed by atoms with Gasteiger partial charge in [0.1, 0.15) is 18.5 Å². The number of aliphatic hydroxyl groups excluding tert-OH is 1. The molecule has 2 aromatic rings. The molecule has 124 valence electrons. The molecule has 6 heteroatoms. The summed E-state index contributed by atoms with van der Waals surface area (Å²) < 4.78 is 10.6. The third kappa shape index (κ3) is 4.30. The fourth-order valence-corrected chi connectivity index (χ4v) is 3.05. The molecule has 2 heterocycles. The molecule has 0 radical (unpaired) electrons. The summed E-state index contributed by atoms with van der Waals surface area (Å²) in [5, 5.41) is 14.3. The normalized spacial score (nSPS) is 20.3. The Morgan fingerprint density at radius 3 is 3.13 bits per heavy atom. The van der Waals surface area contributed by atoms with E-state index in [4.69, 9.17) is 9.26 Å². The third-order valence-corrected chi connectivity index (χ3v) is 4.17. The Kier molecular flexibility index (Phi) is 5.25. The molecule has 0 saturated carbocycles. The maximum absolute atomic E-state index is 10.3. The Morgan fingerprint density at radius 2 is 2.35 bits per heavy atom. The number of aliphatic hydroxyl groups is 1. The molecule has 3 rings (SSSR count). The number of hydrogen-bond donors (Lipinski definition) is 1. The van der Waals surface area contributed by atoms with E-state index in [2.05, 4.69) is 15.0 Å². The standard InChI is InChI=1S/C17H23N3O3/c1-13-5-4-6-15(9-13)22-11-14(21)10-20-8-3-2-7-16(20)17-18-12-23-19-17/h4-6,9,12,14,16,21H,2-3,7-8,10-11H2,1H3. The van der Waals surface area contributed by atoms with Gasteiger partial charge in [0.2, 0.25) is 6.39 Å². The second kappa shape index (κ2) is 7.57. The van der Waals surface area contributed by atoms with Gasteiger partial charge in [-0.05, 0) is 44.0 Å². The first kappa shape index (κ1) is 16.0. The minimum Gasteiger partial charge on any atom is -0.491 e. The lowest BCUT2D eigenvalue weighted by Gasteiger charge is -2.34. The Balaban J connectivity index is 1.54. The summed E-state index contributed by atoms with van der Waals surface area (Å²) in [6.45, 7) is 3.77. The number of piperidine rings is 1. The summed E-state index contributed by atoms with van der Waals surface area (Å²) in [6.07, 6.45) is 4.07. The van der Waals surface area contributed by atoms with Crippen LogP contribution in [-0.4, -0.2) is 45.9 Å². The van der Waals surface area contributed by atoms with Crippen molar-refractivity contribution in [3.63, 3.8) is 0 Å². The first-order chi connectivity index (χ1) is 11.2. The molecular weight excluding hydrogens is 294 g/mol. The summed E-state index contributed by atoms with van der Waals surface area (Å²) in [6, 6.07) is 7.97. The van der Waals surface area contributed by atoms with Gasteiger partial charge in [-0.15, -0.1) is 0 Å². The number of likely N-dealkylation sites (tertiary alicyclic amines) is 1. The summed E-state index contributed by atoms with van der Waals surface area (Å²) in [4.78, 5) is 6.39. The molecule has 1 aliphatic rings. The first-order valence-electron chi connectivity index (χ1n) is 8.10. The number of benzene rings is 1.